The molecule has 0 saturated heterocycles. The minimum absolute atomic E-state index is 0.217. The van der Waals surface area contributed by atoms with Gasteiger partial charge in [0.15, 0.2) is 11.8 Å². The SMILES string of the molecule is Cc1ccc(C(=O)[C@@H](C)OC(=O)c2csc(-c3ccc(C)cc3)n2)cc1. The molecule has 1 aromatic heterocycles. The first-order chi connectivity index (χ1) is 12.4. The van der Waals surface area contributed by atoms with Crippen molar-refractivity contribution in [3.8, 4) is 10.6 Å². The molecule has 0 radical (unpaired) electrons. The topological polar surface area (TPSA) is 56.3 Å². The molecule has 0 unspecified atom stereocenters. The molecular weight excluding hydrogens is 346 g/mol. The van der Waals surface area contributed by atoms with Crippen LogP contribution in [0.4, 0.5) is 0 Å². The van der Waals surface area contributed by atoms with E-state index in [-0.39, 0.29) is 11.5 Å². The molecular formula is C21H19NO3S. The molecule has 0 saturated carbocycles. The Labute approximate surface area is 156 Å². The van der Waals surface area contributed by atoms with Gasteiger partial charge in [-0.15, -0.1) is 11.3 Å². The number of hydrogen-bond acceptors (Lipinski definition) is 5. The Morgan fingerprint density at radius 1 is 0.962 bits per heavy atom. The van der Waals surface area contributed by atoms with Crippen LogP contribution in [0.1, 0.15) is 38.9 Å². The summed E-state index contributed by atoms with van der Waals surface area (Å²) < 4.78 is 5.31. The second-order valence-electron chi connectivity index (χ2n) is 6.18. The predicted octanol–water partition coefficient (Wildman–Crippen LogP) is 4.86. The molecule has 2 aromatic carbocycles. The van der Waals surface area contributed by atoms with Gasteiger partial charge in [0.2, 0.25) is 5.78 Å². The Hall–Kier alpha value is -2.79. The quantitative estimate of drug-likeness (QED) is 0.479. The zero-order valence-electron chi connectivity index (χ0n) is 14.9. The molecule has 26 heavy (non-hydrogen) atoms. The van der Waals surface area contributed by atoms with Gasteiger partial charge in [0.05, 0.1) is 0 Å². The van der Waals surface area contributed by atoms with Crippen LogP contribution in [0.2, 0.25) is 0 Å². The average Bonchev–Trinajstić information content (AvgIpc) is 3.12. The van der Waals surface area contributed by atoms with Gasteiger partial charge in [-0.3, -0.25) is 4.79 Å². The second kappa shape index (κ2) is 7.62. The molecule has 132 valence electrons. The number of Topliss-reactive ketones (excluding diaryl/α,β-unsaturated/α-hetero) is 1. The maximum atomic E-state index is 12.4. The van der Waals surface area contributed by atoms with E-state index >= 15 is 0 Å². The van der Waals surface area contributed by atoms with E-state index in [2.05, 4.69) is 4.98 Å². The maximum absolute atomic E-state index is 12.4. The molecule has 0 N–H and O–H groups in total. The summed E-state index contributed by atoms with van der Waals surface area (Å²) in [4.78, 5) is 29.0. The molecule has 0 bridgehead atoms. The van der Waals surface area contributed by atoms with Crippen molar-refractivity contribution in [2.24, 2.45) is 0 Å². The monoisotopic (exact) mass is 365 g/mol. The number of benzene rings is 2. The van der Waals surface area contributed by atoms with Gasteiger partial charge in [0, 0.05) is 16.5 Å². The largest absolute Gasteiger partial charge is 0.450 e. The van der Waals surface area contributed by atoms with Crippen LogP contribution in [0.3, 0.4) is 0 Å². The lowest BCUT2D eigenvalue weighted by atomic mass is 10.1. The van der Waals surface area contributed by atoms with E-state index in [1.807, 2.05) is 50.2 Å². The molecule has 0 amide bonds. The first kappa shape index (κ1) is 18.0. The van der Waals surface area contributed by atoms with Crippen LogP contribution < -0.4 is 0 Å². The fourth-order valence-electron chi connectivity index (χ4n) is 2.42. The van der Waals surface area contributed by atoms with Crippen LogP contribution in [-0.4, -0.2) is 22.8 Å². The zero-order chi connectivity index (χ0) is 18.7. The minimum atomic E-state index is -0.866. The van der Waals surface area contributed by atoms with Gasteiger partial charge in [0.25, 0.3) is 0 Å². The van der Waals surface area contributed by atoms with E-state index in [4.69, 9.17) is 4.74 Å². The van der Waals surface area contributed by atoms with Gasteiger partial charge < -0.3 is 4.74 Å². The molecule has 0 aliphatic carbocycles. The number of ketones is 1. The molecule has 1 heterocycles. The van der Waals surface area contributed by atoms with E-state index in [9.17, 15) is 9.59 Å². The third-order valence-corrected chi connectivity index (χ3v) is 4.89. The number of rotatable bonds is 5. The maximum Gasteiger partial charge on any atom is 0.358 e. The number of thiazole rings is 1. The number of aromatic nitrogens is 1. The standard InChI is InChI=1S/C21H19NO3S/c1-13-4-8-16(9-5-13)19(23)15(3)25-21(24)18-12-26-20(22-18)17-10-6-14(2)7-11-17/h4-12,15H,1-3H3/t15-/m1/s1. The van der Waals surface area contributed by atoms with Crippen molar-refractivity contribution in [2.45, 2.75) is 26.9 Å². The van der Waals surface area contributed by atoms with E-state index in [1.165, 1.54) is 11.3 Å². The van der Waals surface area contributed by atoms with Gasteiger partial charge in [-0.1, -0.05) is 59.7 Å². The van der Waals surface area contributed by atoms with Crippen molar-refractivity contribution in [2.75, 3.05) is 0 Å². The van der Waals surface area contributed by atoms with Crippen LogP contribution >= 0.6 is 11.3 Å². The second-order valence-corrected chi connectivity index (χ2v) is 7.04. The summed E-state index contributed by atoms with van der Waals surface area (Å²) in [5.74, 6) is -0.820. The highest BCUT2D eigenvalue weighted by atomic mass is 32.1. The molecule has 5 heteroatoms. The summed E-state index contributed by atoms with van der Waals surface area (Å²) in [7, 11) is 0. The number of carbonyl (C=O) groups excluding carboxylic acids is 2. The van der Waals surface area contributed by atoms with Crippen LogP contribution in [0.25, 0.3) is 10.6 Å². The summed E-state index contributed by atoms with van der Waals surface area (Å²) in [6.45, 7) is 5.54. The highest BCUT2D eigenvalue weighted by Crippen LogP contribution is 2.24. The smallest absolute Gasteiger partial charge is 0.358 e. The number of aryl methyl sites for hydroxylation is 2. The number of nitrogens with zero attached hydrogens (tertiary/aromatic N) is 1. The van der Waals surface area contributed by atoms with Crippen LogP contribution in [0, 0.1) is 13.8 Å². The van der Waals surface area contributed by atoms with Crippen LogP contribution in [-0.2, 0) is 4.74 Å². The number of esters is 1. The third-order valence-electron chi connectivity index (χ3n) is 4.00. The number of ether oxygens (including phenoxy) is 1. The summed E-state index contributed by atoms with van der Waals surface area (Å²) >= 11 is 1.37. The van der Waals surface area contributed by atoms with Crippen molar-refractivity contribution < 1.29 is 14.3 Å². The molecule has 1 atom stereocenters. The summed E-state index contributed by atoms with van der Waals surface area (Å²) in [6, 6.07) is 15.1. The summed E-state index contributed by atoms with van der Waals surface area (Å²) in [6.07, 6.45) is -0.866. The molecule has 0 aliphatic rings. The fraction of sp³-hybridized carbons (Fsp3) is 0.190. The zero-order valence-corrected chi connectivity index (χ0v) is 15.7. The lowest BCUT2D eigenvalue weighted by Crippen LogP contribution is -2.24. The van der Waals surface area contributed by atoms with Crippen molar-refractivity contribution in [3.63, 3.8) is 0 Å². The Morgan fingerprint density at radius 2 is 1.54 bits per heavy atom. The third kappa shape index (κ3) is 4.06. The summed E-state index contributed by atoms with van der Waals surface area (Å²) in [5.41, 5.74) is 3.91. The summed E-state index contributed by atoms with van der Waals surface area (Å²) in [5, 5.41) is 2.40. The first-order valence-electron chi connectivity index (χ1n) is 8.28. The number of carbonyl (C=O) groups is 2. The van der Waals surface area contributed by atoms with Gasteiger partial charge in [0.1, 0.15) is 5.01 Å². The highest BCUT2D eigenvalue weighted by molar-refractivity contribution is 7.13. The van der Waals surface area contributed by atoms with E-state index in [0.717, 1.165) is 21.7 Å². The first-order valence-corrected chi connectivity index (χ1v) is 9.16. The van der Waals surface area contributed by atoms with Crippen LogP contribution in [0.5, 0.6) is 0 Å². The van der Waals surface area contributed by atoms with Gasteiger partial charge in [-0.25, -0.2) is 9.78 Å². The molecule has 3 rings (SSSR count). The minimum Gasteiger partial charge on any atom is -0.450 e. The van der Waals surface area contributed by atoms with Crippen LogP contribution in [0.15, 0.2) is 53.9 Å². The van der Waals surface area contributed by atoms with Crippen molar-refractivity contribution >= 4 is 23.1 Å². The highest BCUT2D eigenvalue weighted by Gasteiger charge is 2.22. The normalized spacial score (nSPS) is 11.8. The van der Waals surface area contributed by atoms with Crippen molar-refractivity contribution in [1.82, 2.24) is 4.98 Å². The fourth-order valence-corrected chi connectivity index (χ4v) is 3.22. The van der Waals surface area contributed by atoms with E-state index in [0.29, 0.717) is 5.56 Å². The lowest BCUT2D eigenvalue weighted by Gasteiger charge is -2.11. The van der Waals surface area contributed by atoms with Gasteiger partial charge in [-0.05, 0) is 20.8 Å². The molecule has 0 fully saturated rings. The van der Waals surface area contributed by atoms with E-state index < -0.39 is 12.1 Å². The van der Waals surface area contributed by atoms with Gasteiger partial charge >= 0.3 is 5.97 Å². The molecule has 3 aromatic rings. The predicted molar refractivity (Wildman–Crippen MR) is 103 cm³/mol. The van der Waals surface area contributed by atoms with Crippen molar-refractivity contribution in [3.05, 3.63) is 76.3 Å². The van der Waals surface area contributed by atoms with Crippen molar-refractivity contribution in [1.29, 1.82) is 0 Å². The van der Waals surface area contributed by atoms with E-state index in [1.54, 1.807) is 24.4 Å². The Morgan fingerprint density at radius 3 is 2.15 bits per heavy atom. The average molecular weight is 365 g/mol. The van der Waals surface area contributed by atoms with Gasteiger partial charge in [-0.2, -0.15) is 0 Å². The Kier molecular flexibility index (Phi) is 5.28. The number of hydrogen-bond donors (Lipinski definition) is 0. The molecule has 0 spiro atoms. The Bertz CT molecular complexity index is 927. The molecule has 0 aliphatic heterocycles. The lowest BCUT2D eigenvalue weighted by molar-refractivity contribution is 0.0314. The molecule has 4 nitrogen and oxygen atoms in total. The Balaban J connectivity index is 1.69.